The molecule has 0 saturated carbocycles. The van der Waals surface area contributed by atoms with Crippen molar-refractivity contribution in [1.29, 1.82) is 0 Å². The number of hydrogen-bond donors (Lipinski definition) is 0. The molecule has 0 aliphatic rings. The summed E-state index contributed by atoms with van der Waals surface area (Å²) in [5.74, 6) is 0. The van der Waals surface area contributed by atoms with Crippen LogP contribution in [-0.2, 0) is 6.54 Å². The molecule has 31 heavy (non-hydrogen) atoms. The Morgan fingerprint density at radius 3 is 1.97 bits per heavy atom. The number of aliphatic imine (C=N–C) groups is 1. The third-order valence-electron chi connectivity index (χ3n) is 6.23. The first-order chi connectivity index (χ1) is 15.3. The Bertz CT molecular complexity index is 1560. The van der Waals surface area contributed by atoms with E-state index < -0.39 is 0 Å². The molecule has 0 aliphatic carbocycles. The van der Waals surface area contributed by atoms with Gasteiger partial charge in [0, 0.05) is 40.1 Å². The van der Waals surface area contributed by atoms with Crippen LogP contribution in [0.4, 0.5) is 5.69 Å². The summed E-state index contributed by atoms with van der Waals surface area (Å²) in [5.41, 5.74) is 4.69. The van der Waals surface area contributed by atoms with Crippen molar-refractivity contribution in [3.05, 3.63) is 103 Å². The molecular formula is C29H22N2. The van der Waals surface area contributed by atoms with Crippen molar-refractivity contribution in [2.24, 2.45) is 4.99 Å². The highest BCUT2D eigenvalue weighted by Crippen LogP contribution is 2.32. The smallest absolute Gasteiger partial charge is 0.0637 e. The van der Waals surface area contributed by atoms with Gasteiger partial charge in [0.05, 0.1) is 5.69 Å². The van der Waals surface area contributed by atoms with Crippen LogP contribution >= 0.6 is 0 Å². The fraction of sp³-hybridized carbons (Fsp3) is 0.0690. The fourth-order valence-corrected chi connectivity index (χ4v) is 4.79. The monoisotopic (exact) mass is 398 g/mol. The summed E-state index contributed by atoms with van der Waals surface area (Å²) in [6, 6.07) is 34.5. The Morgan fingerprint density at radius 1 is 0.645 bits per heavy atom. The molecule has 0 radical (unpaired) electrons. The molecule has 2 heteroatoms. The number of para-hydroxylation sites is 1. The van der Waals surface area contributed by atoms with Gasteiger partial charge in [0.25, 0.3) is 0 Å². The summed E-state index contributed by atoms with van der Waals surface area (Å²) in [7, 11) is 0. The number of aromatic nitrogens is 1. The molecule has 6 aromatic rings. The quantitative estimate of drug-likeness (QED) is 0.213. The number of rotatable bonds is 3. The van der Waals surface area contributed by atoms with Crippen LogP contribution in [-0.4, -0.2) is 10.8 Å². The summed E-state index contributed by atoms with van der Waals surface area (Å²) < 4.78 is 2.37. The van der Waals surface area contributed by atoms with Gasteiger partial charge in [-0.05, 0) is 58.8 Å². The fourth-order valence-electron chi connectivity index (χ4n) is 4.79. The highest BCUT2D eigenvalue weighted by Gasteiger charge is 2.10. The molecule has 1 aromatic heterocycles. The summed E-state index contributed by atoms with van der Waals surface area (Å²) in [4.78, 5) is 4.93. The van der Waals surface area contributed by atoms with Crippen LogP contribution in [0.2, 0.25) is 0 Å². The van der Waals surface area contributed by atoms with E-state index in [0.717, 1.165) is 12.2 Å². The van der Waals surface area contributed by atoms with Crippen molar-refractivity contribution in [1.82, 2.24) is 4.57 Å². The second-order valence-electron chi connectivity index (χ2n) is 7.95. The molecule has 1 heterocycles. The topological polar surface area (TPSA) is 17.3 Å². The minimum Gasteiger partial charge on any atom is -0.341 e. The molecule has 2 nitrogen and oxygen atoms in total. The second kappa shape index (κ2) is 7.10. The van der Waals surface area contributed by atoms with Crippen LogP contribution in [0.25, 0.3) is 43.4 Å². The van der Waals surface area contributed by atoms with Gasteiger partial charge in [0.1, 0.15) is 0 Å². The predicted molar refractivity (Wildman–Crippen MR) is 134 cm³/mol. The predicted octanol–water partition coefficient (Wildman–Crippen LogP) is 7.87. The first kappa shape index (κ1) is 17.9. The van der Waals surface area contributed by atoms with E-state index in [1.54, 1.807) is 0 Å². The molecule has 5 aromatic carbocycles. The van der Waals surface area contributed by atoms with Gasteiger partial charge in [0.15, 0.2) is 0 Å². The minimum absolute atomic E-state index is 0.953. The zero-order chi connectivity index (χ0) is 20.8. The molecule has 0 unspecified atom stereocenters. The van der Waals surface area contributed by atoms with E-state index in [-0.39, 0.29) is 0 Å². The summed E-state index contributed by atoms with van der Waals surface area (Å²) in [6.45, 7) is 3.15. The Kier molecular flexibility index (Phi) is 4.10. The minimum atomic E-state index is 0.953. The van der Waals surface area contributed by atoms with Crippen molar-refractivity contribution in [3.8, 4) is 0 Å². The average Bonchev–Trinajstić information content (AvgIpc) is 3.14. The number of aryl methyl sites for hydroxylation is 1. The Hall–Kier alpha value is -3.91. The first-order valence-electron chi connectivity index (χ1n) is 10.8. The van der Waals surface area contributed by atoms with Crippen LogP contribution in [0.5, 0.6) is 0 Å². The Balaban J connectivity index is 1.55. The van der Waals surface area contributed by atoms with Crippen LogP contribution in [0, 0.1) is 0 Å². The highest BCUT2D eigenvalue weighted by atomic mass is 15.0. The second-order valence-corrected chi connectivity index (χ2v) is 7.95. The van der Waals surface area contributed by atoms with Crippen molar-refractivity contribution in [2.75, 3.05) is 0 Å². The van der Waals surface area contributed by atoms with Crippen molar-refractivity contribution in [3.63, 3.8) is 0 Å². The lowest BCUT2D eigenvalue weighted by atomic mass is 9.97. The third-order valence-corrected chi connectivity index (χ3v) is 6.23. The molecule has 0 atom stereocenters. The summed E-state index contributed by atoms with van der Waals surface area (Å²) in [6.07, 6.45) is 2.03. The summed E-state index contributed by atoms with van der Waals surface area (Å²) >= 11 is 0. The maximum absolute atomic E-state index is 4.93. The Morgan fingerprint density at radius 2 is 1.26 bits per heavy atom. The maximum atomic E-state index is 4.93. The molecule has 0 N–H and O–H groups in total. The molecule has 6 rings (SSSR count). The number of benzene rings is 5. The van der Waals surface area contributed by atoms with Gasteiger partial charge in [0.2, 0.25) is 0 Å². The van der Waals surface area contributed by atoms with Gasteiger partial charge in [-0.2, -0.15) is 0 Å². The number of hydrogen-bond acceptors (Lipinski definition) is 1. The molecule has 0 fully saturated rings. The summed E-state index contributed by atoms with van der Waals surface area (Å²) in [5, 5.41) is 7.48. The van der Waals surface area contributed by atoms with E-state index in [4.69, 9.17) is 4.99 Å². The van der Waals surface area contributed by atoms with Gasteiger partial charge in [-0.15, -0.1) is 0 Å². The molecule has 148 valence electrons. The Labute approximate surface area is 181 Å². The van der Waals surface area contributed by atoms with Crippen LogP contribution in [0.15, 0.2) is 102 Å². The van der Waals surface area contributed by atoms with Gasteiger partial charge < -0.3 is 4.57 Å². The number of fused-ring (bicyclic) bond motifs is 5. The van der Waals surface area contributed by atoms with E-state index in [2.05, 4.69) is 109 Å². The van der Waals surface area contributed by atoms with Crippen LogP contribution < -0.4 is 0 Å². The van der Waals surface area contributed by atoms with E-state index in [1.165, 1.54) is 48.9 Å². The van der Waals surface area contributed by atoms with Gasteiger partial charge in [-0.1, -0.05) is 66.7 Å². The zero-order valence-electron chi connectivity index (χ0n) is 17.4. The average molecular weight is 399 g/mol. The molecule has 0 saturated heterocycles. The van der Waals surface area contributed by atoms with E-state index in [0.29, 0.717) is 0 Å². The maximum Gasteiger partial charge on any atom is 0.0637 e. The van der Waals surface area contributed by atoms with Gasteiger partial charge >= 0.3 is 0 Å². The van der Waals surface area contributed by atoms with Crippen LogP contribution in [0.1, 0.15) is 12.5 Å². The van der Waals surface area contributed by atoms with Crippen molar-refractivity contribution >= 4 is 55.3 Å². The van der Waals surface area contributed by atoms with E-state index in [1.807, 2.05) is 6.21 Å². The lowest BCUT2D eigenvalue weighted by Gasteiger charge is -2.08. The normalized spacial score (nSPS) is 12.0. The molecule has 0 bridgehead atoms. The van der Waals surface area contributed by atoms with Gasteiger partial charge in [-0.25, -0.2) is 0 Å². The van der Waals surface area contributed by atoms with Gasteiger partial charge in [-0.3, -0.25) is 4.99 Å². The lowest BCUT2D eigenvalue weighted by molar-refractivity contribution is 0.827. The largest absolute Gasteiger partial charge is 0.341 e. The van der Waals surface area contributed by atoms with E-state index >= 15 is 0 Å². The molecule has 0 amide bonds. The highest BCUT2D eigenvalue weighted by molar-refractivity contribution is 6.14. The van der Waals surface area contributed by atoms with Crippen LogP contribution in [0.3, 0.4) is 0 Å². The standard InChI is InChI=1S/C29H22N2/c1-2-31-28-14-8-7-13-25(28)26-18-22(15-16-29(26)31)30-19-27-23-11-5-3-9-20(23)17-21-10-4-6-12-24(21)27/h3-19H,2H2,1H3. The number of nitrogens with zero attached hydrogens (tertiary/aromatic N) is 2. The van der Waals surface area contributed by atoms with Crippen molar-refractivity contribution < 1.29 is 0 Å². The lowest BCUT2D eigenvalue weighted by Crippen LogP contribution is -1.92. The van der Waals surface area contributed by atoms with E-state index in [9.17, 15) is 0 Å². The SMILES string of the molecule is CCn1c2ccccc2c2cc(N=Cc3c4ccccc4cc4ccccc34)ccc21. The van der Waals surface area contributed by atoms with Crippen molar-refractivity contribution in [2.45, 2.75) is 13.5 Å². The first-order valence-corrected chi connectivity index (χ1v) is 10.8. The molecule has 0 aliphatic heterocycles. The zero-order valence-corrected chi connectivity index (χ0v) is 17.4. The molecule has 0 spiro atoms. The third kappa shape index (κ3) is 2.83. The molecular weight excluding hydrogens is 376 g/mol.